The van der Waals surface area contributed by atoms with E-state index in [1.807, 2.05) is 0 Å². The summed E-state index contributed by atoms with van der Waals surface area (Å²) in [6.45, 7) is 8.03. The molecule has 0 spiro atoms. The predicted molar refractivity (Wildman–Crippen MR) is 69.2 cm³/mol. The second-order valence-corrected chi connectivity index (χ2v) is 6.04. The highest BCUT2D eigenvalue weighted by atomic mass is 32.1. The molecule has 0 saturated carbocycles. The van der Waals surface area contributed by atoms with Crippen LogP contribution >= 0.6 is 11.3 Å². The topological polar surface area (TPSA) is 47.0 Å². The van der Waals surface area contributed by atoms with E-state index in [1.54, 1.807) is 11.3 Å². The molecule has 1 aliphatic heterocycles. The van der Waals surface area contributed by atoms with E-state index in [-0.39, 0.29) is 0 Å². The molecule has 0 atom stereocenters. The van der Waals surface area contributed by atoms with E-state index in [4.69, 9.17) is 4.74 Å². The summed E-state index contributed by atoms with van der Waals surface area (Å²) in [5, 5.41) is 14.3. The van der Waals surface area contributed by atoms with Crippen molar-refractivity contribution < 1.29 is 4.74 Å². The van der Waals surface area contributed by atoms with Crippen LogP contribution in [0.1, 0.15) is 42.6 Å². The van der Waals surface area contributed by atoms with Crippen LogP contribution in [0.2, 0.25) is 0 Å². The lowest BCUT2D eigenvalue weighted by Crippen LogP contribution is -2.18. The van der Waals surface area contributed by atoms with Crippen LogP contribution in [0.5, 0.6) is 0 Å². The highest BCUT2D eigenvalue weighted by molar-refractivity contribution is 7.11. The monoisotopic (exact) mass is 255 g/mol. The van der Waals surface area contributed by atoms with Crippen molar-refractivity contribution >= 4 is 11.3 Å². The number of aromatic nitrogens is 2. The maximum absolute atomic E-state index is 5.36. The van der Waals surface area contributed by atoms with E-state index in [0.29, 0.717) is 11.8 Å². The fourth-order valence-electron chi connectivity index (χ4n) is 1.92. The van der Waals surface area contributed by atoms with Crippen molar-refractivity contribution in [3.05, 3.63) is 10.0 Å². The van der Waals surface area contributed by atoms with Crippen LogP contribution in [0.15, 0.2) is 0 Å². The first-order valence-electron chi connectivity index (χ1n) is 6.36. The lowest BCUT2D eigenvalue weighted by Gasteiger charge is -2.19. The second kappa shape index (κ2) is 6.42. The van der Waals surface area contributed by atoms with Crippen molar-refractivity contribution in [3.63, 3.8) is 0 Å². The lowest BCUT2D eigenvalue weighted by atomic mass is 10.0. The van der Waals surface area contributed by atoms with Crippen molar-refractivity contribution in [2.45, 2.75) is 39.2 Å². The number of ether oxygens (including phenoxy) is 1. The maximum atomic E-state index is 5.36. The lowest BCUT2D eigenvalue weighted by molar-refractivity contribution is 0.0851. The van der Waals surface area contributed by atoms with Gasteiger partial charge in [0.2, 0.25) is 0 Å². The Morgan fingerprint density at radius 3 is 2.82 bits per heavy atom. The van der Waals surface area contributed by atoms with Gasteiger partial charge in [-0.2, -0.15) is 0 Å². The third kappa shape index (κ3) is 4.01. The predicted octanol–water partition coefficient (Wildman–Crippen LogP) is 2.18. The molecule has 5 heteroatoms. The highest BCUT2D eigenvalue weighted by Crippen LogP contribution is 2.28. The van der Waals surface area contributed by atoms with E-state index in [9.17, 15) is 0 Å². The van der Waals surface area contributed by atoms with Gasteiger partial charge in [-0.1, -0.05) is 25.2 Å². The van der Waals surface area contributed by atoms with E-state index in [1.165, 1.54) is 5.01 Å². The van der Waals surface area contributed by atoms with Gasteiger partial charge >= 0.3 is 0 Å². The zero-order chi connectivity index (χ0) is 12.1. The summed E-state index contributed by atoms with van der Waals surface area (Å²) < 4.78 is 5.36. The standard InChI is InChI=1S/C12H21N3OS/c1-9(2)7-13-8-11-14-15-12(17-11)10-3-5-16-6-4-10/h9-10,13H,3-8H2,1-2H3. The summed E-state index contributed by atoms with van der Waals surface area (Å²) in [4.78, 5) is 0. The molecule has 1 aromatic rings. The van der Waals surface area contributed by atoms with E-state index >= 15 is 0 Å². The van der Waals surface area contributed by atoms with Crippen LogP contribution in [0.3, 0.4) is 0 Å². The SMILES string of the molecule is CC(C)CNCc1nnc(C2CCOCC2)s1. The first kappa shape index (κ1) is 12.9. The zero-order valence-electron chi connectivity index (χ0n) is 10.6. The molecule has 0 bridgehead atoms. The van der Waals surface area contributed by atoms with Crippen molar-refractivity contribution in [1.82, 2.24) is 15.5 Å². The molecule has 2 heterocycles. The Morgan fingerprint density at radius 2 is 2.12 bits per heavy atom. The Morgan fingerprint density at radius 1 is 1.35 bits per heavy atom. The second-order valence-electron chi connectivity index (χ2n) is 4.95. The van der Waals surface area contributed by atoms with Gasteiger partial charge in [-0.25, -0.2) is 0 Å². The van der Waals surface area contributed by atoms with Gasteiger partial charge in [-0.3, -0.25) is 0 Å². The minimum atomic E-state index is 0.570. The average Bonchev–Trinajstić information content (AvgIpc) is 2.78. The molecule has 1 aromatic heterocycles. The Bertz CT molecular complexity index is 334. The van der Waals surface area contributed by atoms with Crippen molar-refractivity contribution in [1.29, 1.82) is 0 Å². The van der Waals surface area contributed by atoms with Crippen molar-refractivity contribution in [2.75, 3.05) is 19.8 Å². The van der Waals surface area contributed by atoms with Gasteiger partial charge in [-0.05, 0) is 25.3 Å². The Hall–Kier alpha value is -0.520. The van der Waals surface area contributed by atoms with Gasteiger partial charge in [0.05, 0.1) is 0 Å². The minimum Gasteiger partial charge on any atom is -0.381 e. The molecule has 0 aliphatic carbocycles. The fraction of sp³-hybridized carbons (Fsp3) is 0.833. The molecule has 0 aromatic carbocycles. The quantitative estimate of drug-likeness (QED) is 0.876. The van der Waals surface area contributed by atoms with Gasteiger partial charge in [0.25, 0.3) is 0 Å². The summed E-state index contributed by atoms with van der Waals surface area (Å²) in [7, 11) is 0. The van der Waals surface area contributed by atoms with Gasteiger partial charge in [0, 0.05) is 25.7 Å². The summed E-state index contributed by atoms with van der Waals surface area (Å²) in [5.41, 5.74) is 0. The van der Waals surface area contributed by atoms with E-state index in [0.717, 1.165) is 44.2 Å². The molecule has 0 radical (unpaired) electrons. The normalized spacial score (nSPS) is 17.8. The summed E-state index contributed by atoms with van der Waals surface area (Å²) in [6.07, 6.45) is 2.18. The van der Waals surface area contributed by atoms with Gasteiger partial charge in [-0.15, -0.1) is 10.2 Å². The summed E-state index contributed by atoms with van der Waals surface area (Å²) >= 11 is 1.75. The molecule has 0 amide bonds. The summed E-state index contributed by atoms with van der Waals surface area (Å²) in [5.74, 6) is 1.25. The number of hydrogen-bond acceptors (Lipinski definition) is 5. The van der Waals surface area contributed by atoms with E-state index in [2.05, 4.69) is 29.4 Å². The third-order valence-corrected chi connectivity index (χ3v) is 3.97. The molecule has 1 N–H and O–H groups in total. The van der Waals surface area contributed by atoms with Crippen LogP contribution < -0.4 is 5.32 Å². The largest absolute Gasteiger partial charge is 0.381 e. The molecule has 17 heavy (non-hydrogen) atoms. The summed E-state index contributed by atoms with van der Waals surface area (Å²) in [6, 6.07) is 0. The third-order valence-electron chi connectivity index (χ3n) is 2.88. The molecular weight excluding hydrogens is 234 g/mol. The van der Waals surface area contributed by atoms with Crippen molar-refractivity contribution in [2.24, 2.45) is 5.92 Å². The average molecular weight is 255 g/mol. The highest BCUT2D eigenvalue weighted by Gasteiger charge is 2.19. The molecular formula is C12H21N3OS. The molecule has 4 nitrogen and oxygen atoms in total. The number of rotatable bonds is 5. The van der Waals surface area contributed by atoms with Crippen LogP contribution in [0, 0.1) is 5.92 Å². The molecule has 96 valence electrons. The molecule has 1 fully saturated rings. The van der Waals surface area contributed by atoms with Crippen LogP contribution in [-0.2, 0) is 11.3 Å². The van der Waals surface area contributed by atoms with E-state index < -0.39 is 0 Å². The Kier molecular flexibility index (Phi) is 4.88. The van der Waals surface area contributed by atoms with Crippen molar-refractivity contribution in [3.8, 4) is 0 Å². The van der Waals surface area contributed by atoms with Crippen LogP contribution in [0.25, 0.3) is 0 Å². The molecule has 2 rings (SSSR count). The number of nitrogens with one attached hydrogen (secondary N) is 1. The number of nitrogens with zero attached hydrogens (tertiary/aromatic N) is 2. The minimum absolute atomic E-state index is 0.570. The van der Waals surface area contributed by atoms with Gasteiger partial charge < -0.3 is 10.1 Å². The smallest absolute Gasteiger partial charge is 0.131 e. The number of hydrogen-bond donors (Lipinski definition) is 1. The zero-order valence-corrected chi connectivity index (χ0v) is 11.4. The Labute approximate surface area is 107 Å². The fourth-order valence-corrected chi connectivity index (χ4v) is 2.90. The van der Waals surface area contributed by atoms with Gasteiger partial charge in [0.15, 0.2) is 0 Å². The first-order valence-corrected chi connectivity index (χ1v) is 7.18. The van der Waals surface area contributed by atoms with Gasteiger partial charge in [0.1, 0.15) is 10.0 Å². The molecule has 1 saturated heterocycles. The maximum Gasteiger partial charge on any atom is 0.131 e. The van der Waals surface area contributed by atoms with Crippen LogP contribution in [0.4, 0.5) is 0 Å². The van der Waals surface area contributed by atoms with Crippen LogP contribution in [-0.4, -0.2) is 30.0 Å². The first-order chi connectivity index (χ1) is 8.25. The Balaban J connectivity index is 1.82. The molecule has 0 unspecified atom stereocenters. The molecule has 1 aliphatic rings.